The van der Waals surface area contributed by atoms with Gasteiger partial charge in [-0.2, -0.15) is 4.98 Å². The first-order valence-electron chi connectivity index (χ1n) is 14.2. The highest BCUT2D eigenvalue weighted by molar-refractivity contribution is 5.87. The molecule has 0 spiro atoms. The Morgan fingerprint density at radius 2 is 1.76 bits per heavy atom. The Kier molecular flexibility index (Phi) is 7.72. The zero-order valence-corrected chi connectivity index (χ0v) is 24.1. The number of aromatic nitrogens is 3. The fraction of sp³-hybridized carbons (Fsp3) is 0.484. The van der Waals surface area contributed by atoms with Gasteiger partial charge in [0.15, 0.2) is 0 Å². The first-order chi connectivity index (χ1) is 19.4. The molecule has 1 aliphatic heterocycles. The maximum absolute atomic E-state index is 14.3. The Balaban J connectivity index is 1.37. The molecule has 1 N–H and O–H groups in total. The van der Waals surface area contributed by atoms with Crippen molar-refractivity contribution in [2.45, 2.75) is 76.0 Å². The van der Waals surface area contributed by atoms with Crippen molar-refractivity contribution < 1.29 is 13.6 Å². The van der Waals surface area contributed by atoms with Gasteiger partial charge in [0.1, 0.15) is 5.65 Å². The minimum absolute atomic E-state index is 0.0467. The van der Waals surface area contributed by atoms with Crippen LogP contribution < -0.4 is 10.9 Å². The van der Waals surface area contributed by atoms with Crippen LogP contribution in [0.5, 0.6) is 0 Å². The van der Waals surface area contributed by atoms with Gasteiger partial charge in [0, 0.05) is 61.2 Å². The highest BCUT2D eigenvalue weighted by Gasteiger charge is 2.50. The Hall–Kier alpha value is -3.66. The number of amides is 1. The third-order valence-electron chi connectivity index (χ3n) is 8.86. The topological polar surface area (TPSA) is 83.4 Å². The molecule has 0 unspecified atom stereocenters. The lowest BCUT2D eigenvalue weighted by Gasteiger charge is -2.54. The fourth-order valence-corrected chi connectivity index (χ4v) is 6.20. The average molecular weight is 565 g/mol. The van der Waals surface area contributed by atoms with Crippen LogP contribution in [-0.2, 0) is 10.3 Å². The lowest BCUT2D eigenvalue weighted by molar-refractivity contribution is -0.138. The van der Waals surface area contributed by atoms with Crippen LogP contribution in [0.2, 0.25) is 0 Å². The minimum Gasteiger partial charge on any atom is -0.348 e. The standard InChI is InChI=1S/C31H38F2N6O2/c1-6-26(40)38-18-25(19-38)37(5)30(13-15-31(32,33)16-14-30)24-10-7-22(8-11-24)21(4)35-29-34-17-23-9-12-27(41)39(20(2)3)28(23)36-29/h6-12,17,20-21,25H,1,13-16,18-19H2,2-5H3,(H,34,35,36)/t21-/m0/s1. The minimum atomic E-state index is -2.66. The number of pyridine rings is 1. The van der Waals surface area contributed by atoms with Crippen LogP contribution >= 0.6 is 0 Å². The SMILES string of the molecule is C=CC(=O)N1CC(N(C)C2(c3ccc([C@H](C)Nc4ncc5ccc(=O)n(C(C)C)c5n4)cc3)CCC(F)(F)CC2)C1. The summed E-state index contributed by atoms with van der Waals surface area (Å²) in [5, 5.41) is 4.13. The number of likely N-dealkylation sites (N-methyl/N-ethyl adjacent to an activating group) is 1. The summed E-state index contributed by atoms with van der Waals surface area (Å²) in [7, 11) is 2.00. The van der Waals surface area contributed by atoms with Crippen LogP contribution in [0.15, 0.2) is 60.0 Å². The summed E-state index contributed by atoms with van der Waals surface area (Å²) in [5.74, 6) is -2.34. The zero-order chi connectivity index (χ0) is 29.5. The number of hydrogen-bond acceptors (Lipinski definition) is 6. The van der Waals surface area contributed by atoms with Crippen molar-refractivity contribution in [1.29, 1.82) is 0 Å². The zero-order valence-electron chi connectivity index (χ0n) is 24.1. The van der Waals surface area contributed by atoms with Gasteiger partial charge in [0.2, 0.25) is 17.8 Å². The molecule has 3 aromatic rings. The number of rotatable bonds is 8. The Labute approximate surface area is 239 Å². The molecule has 10 heteroatoms. The number of nitrogens with zero attached hydrogens (tertiary/aromatic N) is 5. The summed E-state index contributed by atoms with van der Waals surface area (Å²) in [5.41, 5.74) is 1.94. The molecule has 1 aliphatic carbocycles. The number of carbonyl (C=O) groups excluding carboxylic acids is 1. The monoisotopic (exact) mass is 564 g/mol. The molecule has 1 amide bonds. The van der Waals surface area contributed by atoms with Crippen molar-refractivity contribution >= 4 is 22.9 Å². The summed E-state index contributed by atoms with van der Waals surface area (Å²) in [6.07, 6.45) is 3.38. The number of alkyl halides is 2. The summed E-state index contributed by atoms with van der Waals surface area (Å²) in [6, 6.07) is 11.3. The van der Waals surface area contributed by atoms with E-state index in [-0.39, 0.29) is 42.4 Å². The Morgan fingerprint density at radius 1 is 1.10 bits per heavy atom. The van der Waals surface area contributed by atoms with Gasteiger partial charge in [-0.25, -0.2) is 13.8 Å². The molecule has 1 atom stereocenters. The molecule has 8 nitrogen and oxygen atoms in total. The molecule has 41 heavy (non-hydrogen) atoms. The van der Waals surface area contributed by atoms with Crippen molar-refractivity contribution in [3.63, 3.8) is 0 Å². The second-order valence-corrected chi connectivity index (χ2v) is 11.7. The van der Waals surface area contributed by atoms with Gasteiger partial charge < -0.3 is 10.2 Å². The predicted octanol–water partition coefficient (Wildman–Crippen LogP) is 5.28. The van der Waals surface area contributed by atoms with Crippen molar-refractivity contribution in [2.24, 2.45) is 0 Å². The van der Waals surface area contributed by atoms with Crippen LogP contribution in [0.1, 0.15) is 69.7 Å². The lowest BCUT2D eigenvalue weighted by atomic mass is 9.73. The van der Waals surface area contributed by atoms with Crippen LogP contribution in [-0.4, -0.2) is 62.3 Å². The quantitative estimate of drug-likeness (QED) is 0.375. The van der Waals surface area contributed by atoms with Crippen molar-refractivity contribution in [2.75, 3.05) is 25.5 Å². The van der Waals surface area contributed by atoms with Gasteiger partial charge in [-0.3, -0.25) is 19.1 Å². The highest BCUT2D eigenvalue weighted by atomic mass is 19.3. The van der Waals surface area contributed by atoms with E-state index in [1.165, 1.54) is 12.1 Å². The third-order valence-corrected chi connectivity index (χ3v) is 8.86. The van der Waals surface area contributed by atoms with Crippen molar-refractivity contribution in [3.8, 4) is 0 Å². The summed E-state index contributed by atoms with van der Waals surface area (Å²) in [4.78, 5) is 37.5. The molecular weight excluding hydrogens is 526 g/mol. The van der Waals surface area contributed by atoms with Gasteiger partial charge in [-0.1, -0.05) is 30.8 Å². The lowest BCUT2D eigenvalue weighted by Crippen LogP contribution is -2.65. The fourth-order valence-electron chi connectivity index (χ4n) is 6.20. The van der Waals surface area contributed by atoms with Crippen LogP contribution in [0.25, 0.3) is 11.0 Å². The Bertz CT molecular complexity index is 1490. The summed E-state index contributed by atoms with van der Waals surface area (Å²) < 4.78 is 30.2. The largest absolute Gasteiger partial charge is 0.348 e. The smallest absolute Gasteiger partial charge is 0.252 e. The molecule has 0 radical (unpaired) electrons. The first kappa shape index (κ1) is 28.9. The van der Waals surface area contributed by atoms with Crippen molar-refractivity contribution in [1.82, 2.24) is 24.3 Å². The number of fused-ring (bicyclic) bond motifs is 1. The van der Waals surface area contributed by atoms with E-state index in [9.17, 15) is 18.4 Å². The maximum atomic E-state index is 14.3. The molecule has 3 heterocycles. The molecule has 2 aromatic heterocycles. The number of likely N-dealkylation sites (tertiary alicyclic amines) is 1. The molecule has 2 fully saturated rings. The molecule has 1 aromatic carbocycles. The number of hydrogen-bond donors (Lipinski definition) is 1. The van der Waals surface area contributed by atoms with Crippen molar-refractivity contribution in [3.05, 3.63) is 76.7 Å². The number of anilines is 1. The number of halogens is 2. The summed E-state index contributed by atoms with van der Waals surface area (Å²) in [6.45, 7) is 10.6. The van der Waals surface area contributed by atoms with E-state index in [0.29, 0.717) is 37.5 Å². The maximum Gasteiger partial charge on any atom is 0.252 e. The average Bonchev–Trinajstić information content (AvgIpc) is 2.92. The van der Waals surface area contributed by atoms with E-state index >= 15 is 0 Å². The molecule has 1 saturated heterocycles. The van der Waals surface area contributed by atoms with Gasteiger partial charge in [-0.15, -0.1) is 0 Å². The van der Waals surface area contributed by atoms with Gasteiger partial charge >= 0.3 is 0 Å². The highest BCUT2D eigenvalue weighted by Crippen LogP contribution is 2.48. The van der Waals surface area contributed by atoms with Gasteiger partial charge in [0.05, 0.1) is 6.04 Å². The number of nitrogens with one attached hydrogen (secondary N) is 1. The molecular formula is C31H38F2N6O2. The number of carbonyl (C=O) groups is 1. The van der Waals surface area contributed by atoms with E-state index in [1.807, 2.05) is 52.1 Å². The van der Waals surface area contributed by atoms with Crippen LogP contribution in [0.4, 0.5) is 14.7 Å². The second-order valence-electron chi connectivity index (χ2n) is 11.7. The first-order valence-corrected chi connectivity index (χ1v) is 14.2. The normalized spacial score (nSPS) is 19.3. The van der Waals surface area contributed by atoms with E-state index in [4.69, 9.17) is 0 Å². The van der Waals surface area contributed by atoms with Crippen LogP contribution in [0.3, 0.4) is 0 Å². The van der Waals surface area contributed by atoms with E-state index in [1.54, 1.807) is 21.7 Å². The third kappa shape index (κ3) is 5.49. The van der Waals surface area contributed by atoms with Gasteiger partial charge in [0.25, 0.3) is 5.56 Å². The van der Waals surface area contributed by atoms with Gasteiger partial charge in [-0.05, 0) is 63.9 Å². The van der Waals surface area contributed by atoms with E-state index < -0.39 is 11.5 Å². The molecule has 0 bridgehead atoms. The van der Waals surface area contributed by atoms with Crippen LogP contribution in [0, 0.1) is 0 Å². The number of benzene rings is 1. The molecule has 5 rings (SSSR count). The molecule has 1 saturated carbocycles. The molecule has 2 aliphatic rings. The molecule has 218 valence electrons. The summed E-state index contributed by atoms with van der Waals surface area (Å²) >= 11 is 0. The second kappa shape index (κ2) is 11.0. The van der Waals surface area contributed by atoms with E-state index in [2.05, 4.69) is 26.8 Å². The van der Waals surface area contributed by atoms with E-state index in [0.717, 1.165) is 16.5 Å². The predicted molar refractivity (Wildman–Crippen MR) is 156 cm³/mol. The Morgan fingerprint density at radius 3 is 2.37 bits per heavy atom.